The molecule has 0 aliphatic heterocycles. The zero-order valence-electron chi connectivity index (χ0n) is 23.7. The number of nitrogens with two attached hydrogens (primary N) is 2. The number of aromatic hydroxyl groups is 1. The molecule has 4 atom stereocenters. The molecule has 4 unspecified atom stereocenters. The summed E-state index contributed by atoms with van der Waals surface area (Å²) in [6, 6.07) is 10.9. The average molecular weight is 594 g/mol. The smallest absolute Gasteiger partial charge is 0.326 e. The number of rotatable bonds is 17. The molecule has 1 heterocycles. The Hall–Kier alpha value is -4.75. The van der Waals surface area contributed by atoms with E-state index >= 15 is 0 Å². The number of nitrogens with zero attached hydrogens (tertiary/aromatic N) is 1. The maximum atomic E-state index is 13.6. The molecule has 3 amide bonds. The zero-order valence-corrected chi connectivity index (χ0v) is 23.7. The van der Waals surface area contributed by atoms with Gasteiger partial charge in [0, 0.05) is 24.7 Å². The van der Waals surface area contributed by atoms with Crippen LogP contribution in [0.1, 0.15) is 36.1 Å². The van der Waals surface area contributed by atoms with Crippen molar-refractivity contribution in [3.8, 4) is 5.75 Å². The minimum absolute atomic E-state index is 0.0316. The number of benzene rings is 2. The number of phenolic OH excluding ortho intramolecular Hbond substituents is 1. The number of H-pyrrole nitrogens is 1. The van der Waals surface area contributed by atoms with Crippen LogP contribution < -0.4 is 27.4 Å². The largest absolute Gasteiger partial charge is 0.508 e. The van der Waals surface area contributed by atoms with Crippen LogP contribution in [0.25, 0.3) is 0 Å². The Balaban J connectivity index is 1.75. The summed E-state index contributed by atoms with van der Waals surface area (Å²) in [7, 11) is 0. The molecule has 3 aromatic rings. The molecule has 10 N–H and O–H groups in total. The molecule has 0 aliphatic carbocycles. The molecule has 0 saturated carbocycles. The summed E-state index contributed by atoms with van der Waals surface area (Å²) in [5.41, 5.74) is 13.8. The number of carboxylic acids is 1. The second-order valence-electron chi connectivity index (χ2n) is 10.3. The van der Waals surface area contributed by atoms with Gasteiger partial charge in [-0.25, -0.2) is 9.78 Å². The highest BCUT2D eigenvalue weighted by molar-refractivity contribution is 5.94. The van der Waals surface area contributed by atoms with Gasteiger partial charge in [0.1, 0.15) is 23.9 Å². The van der Waals surface area contributed by atoms with Gasteiger partial charge in [0.25, 0.3) is 0 Å². The fourth-order valence-electron chi connectivity index (χ4n) is 4.44. The van der Waals surface area contributed by atoms with E-state index in [9.17, 15) is 29.4 Å². The fourth-order valence-corrected chi connectivity index (χ4v) is 4.44. The van der Waals surface area contributed by atoms with Crippen molar-refractivity contribution in [1.29, 1.82) is 0 Å². The normalized spacial score (nSPS) is 13.7. The predicted octanol–water partition coefficient (Wildman–Crippen LogP) is 0.139. The van der Waals surface area contributed by atoms with Crippen molar-refractivity contribution >= 4 is 23.7 Å². The molecule has 13 heteroatoms. The summed E-state index contributed by atoms with van der Waals surface area (Å²) in [6.07, 6.45) is 4.43. The monoisotopic (exact) mass is 593 g/mol. The van der Waals surface area contributed by atoms with Crippen LogP contribution >= 0.6 is 0 Å². The molecule has 230 valence electrons. The van der Waals surface area contributed by atoms with E-state index < -0.39 is 47.9 Å². The first-order valence-electron chi connectivity index (χ1n) is 14.0. The third-order valence-electron chi connectivity index (χ3n) is 6.82. The predicted molar refractivity (Wildman–Crippen MR) is 159 cm³/mol. The third kappa shape index (κ3) is 10.9. The van der Waals surface area contributed by atoms with Gasteiger partial charge in [-0.3, -0.25) is 14.4 Å². The van der Waals surface area contributed by atoms with E-state index in [-0.39, 0.29) is 31.4 Å². The van der Waals surface area contributed by atoms with Crippen LogP contribution in [0.15, 0.2) is 67.1 Å². The van der Waals surface area contributed by atoms with Crippen LogP contribution in [0.2, 0.25) is 0 Å². The zero-order chi connectivity index (χ0) is 31.2. The molecule has 0 aliphatic rings. The van der Waals surface area contributed by atoms with Crippen LogP contribution in [0.5, 0.6) is 5.75 Å². The van der Waals surface area contributed by atoms with E-state index in [0.29, 0.717) is 25.1 Å². The second-order valence-corrected chi connectivity index (χ2v) is 10.3. The Labute approximate surface area is 249 Å². The average Bonchev–Trinajstić information content (AvgIpc) is 3.50. The van der Waals surface area contributed by atoms with Gasteiger partial charge in [-0.2, -0.15) is 0 Å². The Morgan fingerprint density at radius 2 is 1.42 bits per heavy atom. The van der Waals surface area contributed by atoms with Crippen molar-refractivity contribution in [2.45, 2.75) is 62.7 Å². The number of aliphatic carboxylic acids is 1. The van der Waals surface area contributed by atoms with E-state index in [2.05, 4.69) is 25.9 Å². The Morgan fingerprint density at radius 1 is 0.791 bits per heavy atom. The number of phenols is 1. The summed E-state index contributed by atoms with van der Waals surface area (Å²) >= 11 is 0. The summed E-state index contributed by atoms with van der Waals surface area (Å²) in [5, 5.41) is 27.1. The van der Waals surface area contributed by atoms with Gasteiger partial charge in [-0.15, -0.1) is 0 Å². The molecule has 13 nitrogen and oxygen atoms in total. The number of carbonyl (C=O) groups excluding carboxylic acids is 3. The minimum Gasteiger partial charge on any atom is -0.508 e. The Bertz CT molecular complexity index is 1320. The van der Waals surface area contributed by atoms with Gasteiger partial charge in [-0.1, -0.05) is 42.5 Å². The topological polar surface area (TPSA) is 226 Å². The lowest BCUT2D eigenvalue weighted by Gasteiger charge is -2.25. The molecule has 3 rings (SSSR count). The lowest BCUT2D eigenvalue weighted by molar-refractivity contribution is -0.142. The van der Waals surface area contributed by atoms with Crippen molar-refractivity contribution < 1.29 is 29.4 Å². The van der Waals surface area contributed by atoms with E-state index in [4.69, 9.17) is 11.5 Å². The standard InChI is InChI=1S/C30H39N7O6/c31-13-5-4-8-24(28(40)37-26(30(42)43)16-21-17-33-18-34-21)35-29(41)25(15-19-6-2-1-3-7-19)36-27(39)23(32)14-20-9-11-22(38)12-10-20/h1-3,6-7,9-12,17-18,23-26,38H,4-5,8,13-16,31-32H2,(H,33,34)(H,35,41)(H,36,39)(H,37,40)(H,42,43). The van der Waals surface area contributed by atoms with Crippen molar-refractivity contribution in [2.24, 2.45) is 11.5 Å². The van der Waals surface area contributed by atoms with Crippen LogP contribution in [0.4, 0.5) is 0 Å². The first-order valence-corrected chi connectivity index (χ1v) is 14.0. The molecular weight excluding hydrogens is 554 g/mol. The number of unbranched alkanes of at least 4 members (excludes halogenated alkanes) is 1. The SMILES string of the molecule is NCCCCC(NC(=O)C(Cc1ccccc1)NC(=O)C(N)Cc1ccc(O)cc1)C(=O)NC(Cc1cnc[nH]1)C(=O)O. The first kappa shape index (κ1) is 32.8. The van der Waals surface area contributed by atoms with Gasteiger partial charge >= 0.3 is 5.97 Å². The number of carboxylic acid groups (broad SMARTS) is 1. The molecule has 0 radical (unpaired) electrons. The fraction of sp³-hybridized carbons (Fsp3) is 0.367. The number of nitrogens with one attached hydrogen (secondary N) is 4. The van der Waals surface area contributed by atoms with E-state index in [0.717, 1.165) is 11.1 Å². The maximum Gasteiger partial charge on any atom is 0.326 e. The summed E-state index contributed by atoms with van der Waals surface area (Å²) in [4.78, 5) is 58.5. The number of amides is 3. The number of imidazole rings is 1. The van der Waals surface area contributed by atoms with E-state index in [1.807, 2.05) is 6.07 Å². The molecule has 1 aromatic heterocycles. The van der Waals surface area contributed by atoms with Crippen LogP contribution in [0, 0.1) is 0 Å². The number of hydrogen-bond donors (Lipinski definition) is 8. The van der Waals surface area contributed by atoms with Crippen LogP contribution in [0.3, 0.4) is 0 Å². The quantitative estimate of drug-likeness (QED) is 0.0995. The summed E-state index contributed by atoms with van der Waals surface area (Å²) in [6.45, 7) is 0.380. The number of aromatic amines is 1. The molecule has 0 saturated heterocycles. The molecular formula is C30H39N7O6. The summed E-state index contributed by atoms with van der Waals surface area (Å²) in [5.74, 6) is -3.03. The van der Waals surface area contributed by atoms with Gasteiger partial charge in [0.05, 0.1) is 12.4 Å². The Kier molecular flexibility index (Phi) is 12.7. The molecule has 0 bridgehead atoms. The van der Waals surface area contributed by atoms with Crippen molar-refractivity contribution in [3.05, 3.63) is 83.9 Å². The third-order valence-corrected chi connectivity index (χ3v) is 6.82. The van der Waals surface area contributed by atoms with E-state index in [1.165, 1.54) is 24.7 Å². The lowest BCUT2D eigenvalue weighted by atomic mass is 10.0. The highest BCUT2D eigenvalue weighted by Crippen LogP contribution is 2.12. The number of hydrogen-bond acceptors (Lipinski definition) is 8. The number of carbonyl (C=O) groups is 4. The minimum atomic E-state index is -1.26. The highest BCUT2D eigenvalue weighted by Gasteiger charge is 2.30. The Morgan fingerprint density at radius 3 is 2.05 bits per heavy atom. The van der Waals surface area contributed by atoms with Gasteiger partial charge in [0.15, 0.2) is 0 Å². The lowest BCUT2D eigenvalue weighted by Crippen LogP contribution is -2.58. The van der Waals surface area contributed by atoms with E-state index in [1.54, 1.807) is 36.4 Å². The molecule has 0 spiro atoms. The van der Waals surface area contributed by atoms with Gasteiger partial charge < -0.3 is 42.6 Å². The van der Waals surface area contributed by atoms with Crippen LogP contribution in [-0.2, 0) is 38.4 Å². The van der Waals surface area contributed by atoms with Crippen molar-refractivity contribution in [1.82, 2.24) is 25.9 Å². The first-order chi connectivity index (χ1) is 20.7. The van der Waals surface area contributed by atoms with Crippen molar-refractivity contribution in [2.75, 3.05) is 6.54 Å². The van der Waals surface area contributed by atoms with Gasteiger partial charge in [0.2, 0.25) is 17.7 Å². The van der Waals surface area contributed by atoms with Crippen molar-refractivity contribution in [3.63, 3.8) is 0 Å². The molecule has 2 aromatic carbocycles. The summed E-state index contributed by atoms with van der Waals surface area (Å²) < 4.78 is 0. The molecule has 43 heavy (non-hydrogen) atoms. The molecule has 0 fully saturated rings. The number of aromatic nitrogens is 2. The maximum absolute atomic E-state index is 13.6. The van der Waals surface area contributed by atoms with Gasteiger partial charge in [-0.05, 0) is 55.5 Å². The van der Waals surface area contributed by atoms with Crippen LogP contribution in [-0.4, -0.2) is 74.6 Å². The second kappa shape index (κ2) is 16.6. The highest BCUT2D eigenvalue weighted by atomic mass is 16.4.